The van der Waals surface area contributed by atoms with Crippen molar-refractivity contribution in [2.24, 2.45) is 0 Å². The number of hydrogen-bond acceptors (Lipinski definition) is 4. The molecule has 0 saturated carbocycles. The number of carbonyl (C=O) groups is 2. The molecule has 0 aliphatic rings. The van der Waals surface area contributed by atoms with Gasteiger partial charge in [0, 0.05) is 0 Å². The Labute approximate surface area is 124 Å². The lowest BCUT2D eigenvalue weighted by molar-refractivity contribution is 0.0227. The Bertz CT molecular complexity index is 447. The van der Waals surface area contributed by atoms with Crippen LogP contribution in [-0.4, -0.2) is 29.2 Å². The maximum absolute atomic E-state index is 11.8. The van der Waals surface area contributed by atoms with Crippen molar-refractivity contribution in [2.75, 3.05) is 7.11 Å². The summed E-state index contributed by atoms with van der Waals surface area (Å²) in [5, 5.41) is 2.11. The van der Waals surface area contributed by atoms with Gasteiger partial charge in [0.25, 0.3) is 0 Å². The van der Waals surface area contributed by atoms with Crippen LogP contribution in [-0.2, 0) is 9.47 Å². The fourth-order valence-corrected chi connectivity index (χ4v) is 1.39. The number of amides is 1. The summed E-state index contributed by atoms with van der Waals surface area (Å²) in [5.74, 6) is -0.742. The van der Waals surface area contributed by atoms with E-state index in [1.165, 1.54) is 12.1 Å². The molecule has 0 aromatic heterocycles. The summed E-state index contributed by atoms with van der Waals surface area (Å²) >= 11 is 16.8. The molecule has 1 amide bonds. The smallest absolute Gasteiger partial charge is 0.409 e. The molecule has 0 spiro atoms. The zero-order valence-electron chi connectivity index (χ0n) is 9.73. The zero-order chi connectivity index (χ0) is 14.5. The molecule has 19 heavy (non-hydrogen) atoms. The summed E-state index contributed by atoms with van der Waals surface area (Å²) in [6.07, 6.45) is -2.37. The third kappa shape index (κ3) is 5.14. The van der Waals surface area contributed by atoms with E-state index >= 15 is 0 Å². The third-order valence-electron chi connectivity index (χ3n) is 1.97. The van der Waals surface area contributed by atoms with Crippen LogP contribution >= 0.6 is 34.8 Å². The second-order valence-electron chi connectivity index (χ2n) is 3.33. The molecule has 5 nitrogen and oxygen atoms in total. The average Bonchev–Trinajstić information content (AvgIpc) is 2.37. The van der Waals surface area contributed by atoms with Gasteiger partial charge in [0.15, 0.2) is 0 Å². The number of nitrogens with one attached hydrogen (secondary N) is 1. The summed E-state index contributed by atoms with van der Waals surface area (Å²) in [6.45, 7) is 0. The molecule has 0 aliphatic heterocycles. The summed E-state index contributed by atoms with van der Waals surface area (Å²) in [5.41, 5.74) is 0.258. The van der Waals surface area contributed by atoms with E-state index in [2.05, 4.69) is 10.1 Å². The van der Waals surface area contributed by atoms with Gasteiger partial charge < -0.3 is 9.47 Å². The molecule has 0 unspecified atom stereocenters. The molecule has 1 rings (SSSR count). The van der Waals surface area contributed by atoms with Crippen molar-refractivity contribution in [2.45, 2.75) is 10.0 Å². The topological polar surface area (TPSA) is 64.6 Å². The zero-order valence-corrected chi connectivity index (χ0v) is 12.0. The molecule has 8 heteroatoms. The summed E-state index contributed by atoms with van der Waals surface area (Å²) < 4.78 is 7.24. The SMILES string of the molecule is COC(=O)N[C@@H](OC(=O)c1ccccc1)C(Cl)(Cl)Cl. The Morgan fingerprint density at radius 2 is 1.79 bits per heavy atom. The van der Waals surface area contributed by atoms with Gasteiger partial charge in [-0.15, -0.1) is 0 Å². The largest absolute Gasteiger partial charge is 0.453 e. The Morgan fingerprint density at radius 1 is 1.21 bits per heavy atom. The van der Waals surface area contributed by atoms with Crippen LogP contribution in [0.25, 0.3) is 0 Å². The maximum atomic E-state index is 11.8. The first-order chi connectivity index (χ1) is 8.84. The van der Waals surface area contributed by atoms with Crippen molar-refractivity contribution < 1.29 is 19.1 Å². The van der Waals surface area contributed by atoms with E-state index in [9.17, 15) is 9.59 Å². The van der Waals surface area contributed by atoms with Crippen LogP contribution < -0.4 is 5.32 Å². The minimum absolute atomic E-state index is 0.258. The quantitative estimate of drug-likeness (QED) is 0.527. The lowest BCUT2D eigenvalue weighted by Crippen LogP contribution is -2.46. The van der Waals surface area contributed by atoms with Crippen molar-refractivity contribution >= 4 is 46.9 Å². The molecule has 1 N–H and O–H groups in total. The van der Waals surface area contributed by atoms with Gasteiger partial charge >= 0.3 is 12.1 Å². The Kier molecular flexibility index (Phi) is 5.72. The lowest BCUT2D eigenvalue weighted by atomic mass is 10.2. The molecular formula is C11H10Cl3NO4. The molecule has 0 radical (unpaired) electrons. The van der Waals surface area contributed by atoms with Crippen LogP contribution in [0.2, 0.25) is 0 Å². The normalized spacial score (nSPS) is 12.4. The van der Waals surface area contributed by atoms with E-state index in [1.807, 2.05) is 0 Å². The van der Waals surface area contributed by atoms with Crippen LogP contribution in [0.3, 0.4) is 0 Å². The fraction of sp³-hybridized carbons (Fsp3) is 0.273. The highest BCUT2D eigenvalue weighted by atomic mass is 35.6. The molecular weight excluding hydrogens is 316 g/mol. The third-order valence-corrected chi connectivity index (χ3v) is 2.56. The van der Waals surface area contributed by atoms with Crippen molar-refractivity contribution in [1.82, 2.24) is 5.32 Å². The Morgan fingerprint density at radius 3 is 2.26 bits per heavy atom. The van der Waals surface area contributed by atoms with Crippen LogP contribution in [0.4, 0.5) is 4.79 Å². The number of rotatable bonds is 3. The van der Waals surface area contributed by atoms with Crippen LogP contribution in [0.15, 0.2) is 30.3 Å². The lowest BCUT2D eigenvalue weighted by Gasteiger charge is -2.24. The monoisotopic (exact) mass is 325 g/mol. The van der Waals surface area contributed by atoms with Crippen molar-refractivity contribution in [1.29, 1.82) is 0 Å². The van der Waals surface area contributed by atoms with Gasteiger partial charge in [-0.3, -0.25) is 5.32 Å². The first kappa shape index (κ1) is 15.9. The standard InChI is InChI=1S/C11H10Cl3NO4/c1-18-10(17)15-9(11(12,13)14)19-8(16)7-5-3-2-4-6-7/h2-6,9H,1H3,(H,15,17)/t9-/m0/s1. The van der Waals surface area contributed by atoms with Gasteiger partial charge in [0.1, 0.15) is 0 Å². The van der Waals surface area contributed by atoms with Gasteiger partial charge in [-0.1, -0.05) is 53.0 Å². The molecule has 1 atom stereocenters. The molecule has 0 aliphatic carbocycles. The molecule has 0 fully saturated rings. The number of hydrogen-bond donors (Lipinski definition) is 1. The molecule has 0 saturated heterocycles. The van der Waals surface area contributed by atoms with Gasteiger partial charge in [-0.25, -0.2) is 9.59 Å². The number of methoxy groups -OCH3 is 1. The predicted octanol–water partition coefficient (Wildman–Crippen LogP) is 2.90. The first-order valence-corrected chi connectivity index (χ1v) is 6.15. The number of esters is 1. The second-order valence-corrected chi connectivity index (χ2v) is 5.70. The molecule has 0 heterocycles. The summed E-state index contributed by atoms with van der Waals surface area (Å²) in [4.78, 5) is 22.9. The number of alkyl halides is 3. The number of ether oxygens (including phenoxy) is 2. The summed E-state index contributed by atoms with van der Waals surface area (Å²) in [7, 11) is 1.13. The van der Waals surface area contributed by atoms with Crippen molar-refractivity contribution in [3.8, 4) is 0 Å². The molecule has 1 aromatic rings. The van der Waals surface area contributed by atoms with E-state index in [-0.39, 0.29) is 5.56 Å². The number of benzene rings is 1. The van der Waals surface area contributed by atoms with Gasteiger partial charge in [0.05, 0.1) is 12.7 Å². The van der Waals surface area contributed by atoms with Crippen LogP contribution in [0.1, 0.15) is 10.4 Å². The number of alkyl carbamates (subject to hydrolysis) is 1. The highest BCUT2D eigenvalue weighted by Crippen LogP contribution is 2.31. The van der Waals surface area contributed by atoms with E-state index in [0.717, 1.165) is 7.11 Å². The predicted molar refractivity (Wildman–Crippen MR) is 71.5 cm³/mol. The van der Waals surface area contributed by atoms with Gasteiger partial charge in [0.2, 0.25) is 10.0 Å². The summed E-state index contributed by atoms with van der Waals surface area (Å²) in [6, 6.07) is 8.07. The first-order valence-electron chi connectivity index (χ1n) is 5.02. The molecule has 0 bridgehead atoms. The Hall–Kier alpha value is -1.17. The minimum atomic E-state index is -2.03. The Balaban J connectivity index is 2.78. The highest BCUT2D eigenvalue weighted by Gasteiger charge is 2.38. The average molecular weight is 327 g/mol. The maximum Gasteiger partial charge on any atom is 0.409 e. The van der Waals surface area contributed by atoms with E-state index in [4.69, 9.17) is 39.5 Å². The van der Waals surface area contributed by atoms with Gasteiger partial charge in [-0.05, 0) is 12.1 Å². The van der Waals surface area contributed by atoms with Crippen molar-refractivity contribution in [3.05, 3.63) is 35.9 Å². The van der Waals surface area contributed by atoms with Crippen LogP contribution in [0, 0.1) is 0 Å². The number of halogens is 3. The number of carbonyl (C=O) groups excluding carboxylic acids is 2. The van der Waals surface area contributed by atoms with E-state index < -0.39 is 22.1 Å². The van der Waals surface area contributed by atoms with Crippen LogP contribution in [0.5, 0.6) is 0 Å². The fourth-order valence-electron chi connectivity index (χ4n) is 1.09. The van der Waals surface area contributed by atoms with E-state index in [1.54, 1.807) is 18.2 Å². The minimum Gasteiger partial charge on any atom is -0.453 e. The van der Waals surface area contributed by atoms with Crippen molar-refractivity contribution in [3.63, 3.8) is 0 Å². The molecule has 1 aromatic carbocycles. The second kappa shape index (κ2) is 6.84. The van der Waals surface area contributed by atoms with E-state index in [0.29, 0.717) is 0 Å². The highest BCUT2D eigenvalue weighted by molar-refractivity contribution is 6.68. The van der Waals surface area contributed by atoms with Gasteiger partial charge in [-0.2, -0.15) is 0 Å². The molecule has 104 valence electrons.